The van der Waals surface area contributed by atoms with Crippen LogP contribution in [0.2, 0.25) is 0 Å². The molecule has 0 radical (unpaired) electrons. The number of aromatic carboxylic acids is 1. The highest BCUT2D eigenvalue weighted by molar-refractivity contribution is 6.04. The van der Waals surface area contributed by atoms with Crippen LogP contribution in [-0.2, 0) is 6.42 Å². The highest BCUT2D eigenvalue weighted by Gasteiger charge is 2.12. The van der Waals surface area contributed by atoms with Crippen molar-refractivity contribution in [2.24, 2.45) is 17.8 Å². The van der Waals surface area contributed by atoms with E-state index in [1.54, 1.807) is 6.07 Å². The Morgan fingerprint density at radius 2 is 1.41 bits per heavy atom. The van der Waals surface area contributed by atoms with Crippen LogP contribution in [0, 0.1) is 17.8 Å². The van der Waals surface area contributed by atoms with Gasteiger partial charge in [-0.3, -0.25) is 0 Å². The molecule has 0 aliphatic rings. The summed E-state index contributed by atoms with van der Waals surface area (Å²) in [6, 6.07) is 11.7. The maximum Gasteiger partial charge on any atom is 0.336 e. The Kier molecular flexibility index (Phi) is 8.34. The average molecular weight is 369 g/mol. The molecule has 1 N–H and O–H groups in total. The zero-order chi connectivity index (χ0) is 19.8. The second kappa shape index (κ2) is 10.5. The van der Waals surface area contributed by atoms with Crippen molar-refractivity contribution in [3.05, 3.63) is 47.5 Å². The normalized spacial score (nSPS) is 13.8. The van der Waals surface area contributed by atoms with Gasteiger partial charge in [0.15, 0.2) is 0 Å². The van der Waals surface area contributed by atoms with Crippen LogP contribution in [0.5, 0.6) is 0 Å². The molecule has 0 aliphatic carbocycles. The van der Waals surface area contributed by atoms with Crippen LogP contribution in [0.4, 0.5) is 0 Å². The largest absolute Gasteiger partial charge is 0.478 e. The SMILES string of the molecule is CC(C)CCCC(C)CCCC(C)Cc1cccc2c(C(=O)O)cccc12. The summed E-state index contributed by atoms with van der Waals surface area (Å²) in [5, 5.41) is 11.4. The minimum atomic E-state index is -0.850. The van der Waals surface area contributed by atoms with Gasteiger partial charge in [0.05, 0.1) is 5.56 Å². The van der Waals surface area contributed by atoms with Crippen molar-refractivity contribution in [2.45, 2.75) is 72.6 Å². The third-order valence-corrected chi connectivity index (χ3v) is 5.68. The molecule has 0 saturated heterocycles. The zero-order valence-electron chi connectivity index (χ0n) is 17.5. The van der Waals surface area contributed by atoms with Crippen LogP contribution in [0.15, 0.2) is 36.4 Å². The first-order valence-corrected chi connectivity index (χ1v) is 10.6. The smallest absolute Gasteiger partial charge is 0.336 e. The topological polar surface area (TPSA) is 37.3 Å². The van der Waals surface area contributed by atoms with Gasteiger partial charge in [-0.2, -0.15) is 0 Å². The van der Waals surface area contributed by atoms with Gasteiger partial charge < -0.3 is 5.11 Å². The Morgan fingerprint density at radius 3 is 2.07 bits per heavy atom. The quantitative estimate of drug-likeness (QED) is 0.450. The second-order valence-corrected chi connectivity index (χ2v) is 8.79. The van der Waals surface area contributed by atoms with Crippen LogP contribution in [0.3, 0.4) is 0 Å². The summed E-state index contributed by atoms with van der Waals surface area (Å²) in [5.41, 5.74) is 1.67. The molecule has 0 amide bonds. The number of benzene rings is 2. The van der Waals surface area contributed by atoms with Crippen LogP contribution in [-0.4, -0.2) is 11.1 Å². The van der Waals surface area contributed by atoms with Gasteiger partial charge in [-0.25, -0.2) is 4.79 Å². The summed E-state index contributed by atoms with van der Waals surface area (Å²) in [7, 11) is 0. The van der Waals surface area contributed by atoms with Crippen molar-refractivity contribution >= 4 is 16.7 Å². The minimum absolute atomic E-state index is 0.400. The highest BCUT2D eigenvalue weighted by atomic mass is 16.4. The Morgan fingerprint density at radius 1 is 0.815 bits per heavy atom. The van der Waals surface area contributed by atoms with Crippen molar-refractivity contribution in [1.82, 2.24) is 0 Å². The van der Waals surface area contributed by atoms with Crippen LogP contribution >= 0.6 is 0 Å². The standard InChI is InChI=1S/C25H36O2/c1-18(2)9-5-10-19(3)11-6-12-20(4)17-21-13-7-15-23-22(21)14-8-16-24(23)25(26)27/h7-8,13-16,18-20H,5-6,9-12,17H2,1-4H3,(H,26,27). The van der Waals surface area contributed by atoms with E-state index >= 15 is 0 Å². The first kappa shape index (κ1) is 21.5. The molecule has 2 rings (SSSR count). The van der Waals surface area contributed by atoms with Crippen LogP contribution < -0.4 is 0 Å². The van der Waals surface area contributed by atoms with Gasteiger partial charge in [0, 0.05) is 0 Å². The molecule has 0 bridgehead atoms. The lowest BCUT2D eigenvalue weighted by Gasteiger charge is -2.16. The lowest BCUT2D eigenvalue weighted by molar-refractivity contribution is 0.0699. The molecule has 148 valence electrons. The molecule has 27 heavy (non-hydrogen) atoms. The lowest BCUT2D eigenvalue weighted by Crippen LogP contribution is -2.04. The van der Waals surface area contributed by atoms with Crippen molar-refractivity contribution in [3.63, 3.8) is 0 Å². The molecule has 2 nitrogen and oxygen atoms in total. The molecule has 0 aliphatic heterocycles. The maximum absolute atomic E-state index is 11.5. The minimum Gasteiger partial charge on any atom is -0.478 e. The average Bonchev–Trinajstić information content (AvgIpc) is 2.61. The number of hydrogen-bond acceptors (Lipinski definition) is 1. The number of carboxylic acid groups (broad SMARTS) is 1. The summed E-state index contributed by atoms with van der Waals surface area (Å²) >= 11 is 0. The third kappa shape index (κ3) is 6.68. The Hall–Kier alpha value is -1.83. The fraction of sp³-hybridized carbons (Fsp3) is 0.560. The van der Waals surface area contributed by atoms with Gasteiger partial charge in [0.25, 0.3) is 0 Å². The fourth-order valence-corrected chi connectivity index (χ4v) is 4.05. The monoisotopic (exact) mass is 368 g/mol. The molecule has 2 aromatic rings. The van der Waals surface area contributed by atoms with Gasteiger partial charge in [0.2, 0.25) is 0 Å². The molecule has 0 spiro atoms. The van der Waals surface area contributed by atoms with Crippen LogP contribution in [0.1, 0.15) is 82.1 Å². The molecule has 0 aromatic heterocycles. The lowest BCUT2D eigenvalue weighted by atomic mass is 9.89. The molecular formula is C25H36O2. The van der Waals surface area contributed by atoms with E-state index in [2.05, 4.69) is 39.8 Å². The van der Waals surface area contributed by atoms with Gasteiger partial charge in [-0.15, -0.1) is 0 Å². The van der Waals surface area contributed by atoms with E-state index in [9.17, 15) is 9.90 Å². The van der Waals surface area contributed by atoms with E-state index in [0.717, 1.165) is 29.0 Å². The summed E-state index contributed by atoms with van der Waals surface area (Å²) < 4.78 is 0. The summed E-state index contributed by atoms with van der Waals surface area (Å²) in [5.74, 6) is 1.41. The van der Waals surface area contributed by atoms with E-state index in [1.165, 1.54) is 44.1 Å². The summed E-state index contributed by atoms with van der Waals surface area (Å²) in [6.07, 6.45) is 8.92. The number of carboxylic acids is 1. The van der Waals surface area contributed by atoms with Crippen molar-refractivity contribution in [3.8, 4) is 0 Å². The van der Waals surface area contributed by atoms with E-state index in [1.807, 2.05) is 18.2 Å². The molecular weight excluding hydrogens is 332 g/mol. The number of rotatable bonds is 11. The fourth-order valence-electron chi connectivity index (χ4n) is 4.05. The maximum atomic E-state index is 11.5. The molecule has 2 unspecified atom stereocenters. The molecule has 0 saturated carbocycles. The molecule has 0 fully saturated rings. The number of carbonyl (C=O) groups is 1. The summed E-state index contributed by atoms with van der Waals surface area (Å²) in [4.78, 5) is 11.5. The highest BCUT2D eigenvalue weighted by Crippen LogP contribution is 2.26. The number of hydrogen-bond donors (Lipinski definition) is 1. The molecule has 0 heterocycles. The first-order chi connectivity index (χ1) is 12.9. The predicted octanol–water partition coefficient (Wildman–Crippen LogP) is 7.35. The van der Waals surface area contributed by atoms with Crippen molar-refractivity contribution in [1.29, 1.82) is 0 Å². The number of fused-ring (bicyclic) bond motifs is 1. The third-order valence-electron chi connectivity index (χ3n) is 5.68. The van der Waals surface area contributed by atoms with Crippen LogP contribution in [0.25, 0.3) is 10.8 Å². The van der Waals surface area contributed by atoms with Crippen molar-refractivity contribution in [2.75, 3.05) is 0 Å². The van der Waals surface area contributed by atoms with E-state index in [0.29, 0.717) is 11.5 Å². The van der Waals surface area contributed by atoms with Gasteiger partial charge in [-0.1, -0.05) is 96.6 Å². The van der Waals surface area contributed by atoms with Crippen molar-refractivity contribution < 1.29 is 9.90 Å². The molecule has 2 aromatic carbocycles. The van der Waals surface area contributed by atoms with E-state index in [-0.39, 0.29) is 0 Å². The van der Waals surface area contributed by atoms with E-state index < -0.39 is 5.97 Å². The summed E-state index contributed by atoms with van der Waals surface area (Å²) in [6.45, 7) is 9.32. The predicted molar refractivity (Wildman–Crippen MR) is 115 cm³/mol. The second-order valence-electron chi connectivity index (χ2n) is 8.79. The Labute approximate surface area is 165 Å². The first-order valence-electron chi connectivity index (χ1n) is 10.6. The Balaban J connectivity index is 1.88. The van der Waals surface area contributed by atoms with Gasteiger partial charge >= 0.3 is 5.97 Å². The molecule has 2 heteroatoms. The molecule has 2 atom stereocenters. The Bertz CT molecular complexity index is 732. The zero-order valence-corrected chi connectivity index (χ0v) is 17.5. The van der Waals surface area contributed by atoms with E-state index in [4.69, 9.17) is 0 Å². The van der Waals surface area contributed by atoms with Gasteiger partial charge in [0.1, 0.15) is 0 Å². The van der Waals surface area contributed by atoms with Gasteiger partial charge in [-0.05, 0) is 46.6 Å².